The Labute approximate surface area is 186 Å². The van der Waals surface area contributed by atoms with Crippen LogP contribution in [0.1, 0.15) is 38.7 Å². The minimum absolute atomic E-state index is 0.0964. The number of likely N-dealkylation sites (tertiary alicyclic amines) is 1. The smallest absolute Gasteiger partial charge is 0.418 e. The van der Waals surface area contributed by atoms with Crippen LogP contribution in [0.25, 0.3) is 0 Å². The quantitative estimate of drug-likeness (QED) is 0.735. The van der Waals surface area contributed by atoms with Crippen molar-refractivity contribution in [2.45, 2.75) is 45.3 Å². The Morgan fingerprint density at radius 3 is 2.47 bits per heavy atom. The zero-order valence-corrected chi connectivity index (χ0v) is 18.6. The van der Waals surface area contributed by atoms with E-state index in [4.69, 9.17) is 4.74 Å². The fourth-order valence-electron chi connectivity index (χ4n) is 4.18. The van der Waals surface area contributed by atoms with Crippen molar-refractivity contribution in [2.75, 3.05) is 51.2 Å². The number of carbonyl (C=O) groups excluding carboxylic acids is 2. The van der Waals surface area contributed by atoms with Gasteiger partial charge in [0.1, 0.15) is 5.75 Å². The molecule has 0 radical (unpaired) electrons. The van der Waals surface area contributed by atoms with Gasteiger partial charge in [-0.1, -0.05) is 0 Å². The molecule has 1 atom stereocenters. The van der Waals surface area contributed by atoms with E-state index in [-0.39, 0.29) is 30.0 Å². The second-order valence-corrected chi connectivity index (χ2v) is 8.26. The summed E-state index contributed by atoms with van der Waals surface area (Å²) >= 11 is 0. The number of nitrogens with zero attached hydrogens (tertiary/aromatic N) is 3. The summed E-state index contributed by atoms with van der Waals surface area (Å²) in [5.41, 5.74) is -1.25. The van der Waals surface area contributed by atoms with E-state index < -0.39 is 17.8 Å². The highest BCUT2D eigenvalue weighted by Gasteiger charge is 2.35. The molecule has 0 aromatic heterocycles. The number of anilines is 1. The molecule has 1 N–H and O–H groups in total. The van der Waals surface area contributed by atoms with Crippen molar-refractivity contribution >= 4 is 17.6 Å². The number of nitrogens with one attached hydrogen (secondary N) is 1. The monoisotopic (exact) mass is 456 g/mol. The molecule has 0 spiro atoms. The second-order valence-electron chi connectivity index (χ2n) is 8.26. The number of hydrogen-bond acceptors (Lipinski definition) is 4. The highest BCUT2D eigenvalue weighted by atomic mass is 19.4. The fourth-order valence-corrected chi connectivity index (χ4v) is 4.18. The fraction of sp³-hybridized carbons (Fsp3) is 0.636. The van der Waals surface area contributed by atoms with Crippen LogP contribution >= 0.6 is 0 Å². The summed E-state index contributed by atoms with van der Waals surface area (Å²) in [7, 11) is 0. The maximum Gasteiger partial charge on any atom is 0.418 e. The van der Waals surface area contributed by atoms with E-state index in [1.807, 2.05) is 9.80 Å². The first kappa shape index (κ1) is 24.2. The molecule has 1 unspecified atom stereocenters. The molecular formula is C22H31F3N4O3. The largest absolute Gasteiger partial charge is 0.494 e. The number of hydrogen-bond donors (Lipinski definition) is 1. The number of urea groups is 1. The molecule has 7 nitrogen and oxygen atoms in total. The summed E-state index contributed by atoms with van der Waals surface area (Å²) in [4.78, 5) is 30.6. The van der Waals surface area contributed by atoms with Crippen LogP contribution in [0.4, 0.5) is 23.7 Å². The molecule has 0 saturated carbocycles. The second kappa shape index (κ2) is 10.4. The van der Waals surface area contributed by atoms with Crippen LogP contribution in [-0.2, 0) is 11.0 Å². The number of ether oxygens (including phenoxy) is 1. The van der Waals surface area contributed by atoms with Gasteiger partial charge in [-0.15, -0.1) is 0 Å². The van der Waals surface area contributed by atoms with E-state index in [0.717, 1.165) is 31.9 Å². The number of piperazine rings is 1. The highest BCUT2D eigenvalue weighted by Crippen LogP contribution is 2.37. The maximum absolute atomic E-state index is 13.5. The first-order chi connectivity index (χ1) is 15.2. The molecular weight excluding hydrogens is 425 g/mol. The average Bonchev–Trinajstić information content (AvgIpc) is 2.75. The molecule has 178 valence electrons. The molecule has 3 amide bonds. The molecule has 0 aliphatic carbocycles. The summed E-state index contributed by atoms with van der Waals surface area (Å²) in [6.45, 7) is 6.75. The Morgan fingerprint density at radius 2 is 1.84 bits per heavy atom. The molecule has 10 heteroatoms. The number of benzene rings is 1. The third-order valence-electron chi connectivity index (χ3n) is 5.99. The summed E-state index contributed by atoms with van der Waals surface area (Å²) in [6.07, 6.45) is -1.44. The summed E-state index contributed by atoms with van der Waals surface area (Å²) in [5.74, 6) is 0.193. The Balaban J connectivity index is 1.55. The van der Waals surface area contributed by atoms with Crippen molar-refractivity contribution in [2.24, 2.45) is 0 Å². The molecule has 1 aromatic rings. The van der Waals surface area contributed by atoms with Gasteiger partial charge < -0.3 is 19.9 Å². The number of piperidine rings is 1. The topological polar surface area (TPSA) is 65.1 Å². The normalized spacial score (nSPS) is 20.2. The van der Waals surface area contributed by atoms with Gasteiger partial charge in [0.25, 0.3) is 0 Å². The average molecular weight is 457 g/mol. The van der Waals surface area contributed by atoms with Crippen LogP contribution in [0, 0.1) is 0 Å². The van der Waals surface area contributed by atoms with Gasteiger partial charge in [0.05, 0.1) is 24.4 Å². The number of carbonyl (C=O) groups is 2. The van der Waals surface area contributed by atoms with Gasteiger partial charge >= 0.3 is 12.2 Å². The summed E-state index contributed by atoms with van der Waals surface area (Å²) < 4.78 is 45.5. The lowest BCUT2D eigenvalue weighted by Gasteiger charge is -2.38. The summed E-state index contributed by atoms with van der Waals surface area (Å²) in [6, 6.07) is 3.17. The van der Waals surface area contributed by atoms with Crippen molar-refractivity contribution in [3.63, 3.8) is 0 Å². The first-order valence-corrected chi connectivity index (χ1v) is 11.1. The van der Waals surface area contributed by atoms with E-state index in [0.29, 0.717) is 32.7 Å². The van der Waals surface area contributed by atoms with Crippen LogP contribution in [-0.4, -0.2) is 78.6 Å². The van der Waals surface area contributed by atoms with Crippen molar-refractivity contribution < 1.29 is 27.5 Å². The third kappa shape index (κ3) is 6.05. The van der Waals surface area contributed by atoms with Crippen LogP contribution in [0.5, 0.6) is 5.75 Å². The Kier molecular flexibility index (Phi) is 7.86. The standard InChI is InChI=1S/C22H31F3N4O3/c1-3-32-17-7-8-19(18(14-17)22(23,24)25)26-21(31)28-12-10-27(11-13-28)15-20(30)29-9-5-4-6-16(29)2/h7-8,14,16H,3-6,9-13,15H2,1-2H3,(H,26,31). The van der Waals surface area contributed by atoms with Gasteiger partial charge in [-0.3, -0.25) is 9.69 Å². The van der Waals surface area contributed by atoms with E-state index in [1.54, 1.807) is 6.92 Å². The van der Waals surface area contributed by atoms with E-state index >= 15 is 0 Å². The minimum Gasteiger partial charge on any atom is -0.494 e. The lowest BCUT2D eigenvalue weighted by atomic mass is 10.0. The van der Waals surface area contributed by atoms with Gasteiger partial charge in [-0.25, -0.2) is 4.79 Å². The number of rotatable bonds is 5. The van der Waals surface area contributed by atoms with Gasteiger partial charge in [0.2, 0.25) is 5.91 Å². The van der Waals surface area contributed by atoms with Crippen LogP contribution in [0.3, 0.4) is 0 Å². The molecule has 2 fully saturated rings. The maximum atomic E-state index is 13.5. The molecule has 32 heavy (non-hydrogen) atoms. The zero-order valence-electron chi connectivity index (χ0n) is 18.6. The van der Waals surface area contributed by atoms with Gasteiger partial charge in [0.15, 0.2) is 0 Å². The minimum atomic E-state index is -4.62. The third-order valence-corrected chi connectivity index (χ3v) is 5.99. The molecule has 2 heterocycles. The van der Waals surface area contributed by atoms with Gasteiger partial charge in [-0.05, 0) is 51.3 Å². The highest BCUT2D eigenvalue weighted by molar-refractivity contribution is 5.90. The predicted octanol–water partition coefficient (Wildman–Crippen LogP) is 3.65. The Morgan fingerprint density at radius 1 is 1.12 bits per heavy atom. The van der Waals surface area contributed by atoms with Gasteiger partial charge in [0, 0.05) is 38.8 Å². The number of alkyl halides is 3. The zero-order chi connectivity index (χ0) is 23.3. The van der Waals surface area contributed by atoms with E-state index in [2.05, 4.69) is 12.2 Å². The van der Waals surface area contributed by atoms with Crippen molar-refractivity contribution in [1.29, 1.82) is 0 Å². The molecule has 2 aliphatic heterocycles. The molecule has 3 rings (SSSR count). The van der Waals surface area contributed by atoms with Crippen molar-refractivity contribution in [1.82, 2.24) is 14.7 Å². The van der Waals surface area contributed by atoms with E-state index in [1.165, 1.54) is 17.0 Å². The molecule has 1 aromatic carbocycles. The van der Waals surface area contributed by atoms with E-state index in [9.17, 15) is 22.8 Å². The van der Waals surface area contributed by atoms with Crippen LogP contribution < -0.4 is 10.1 Å². The van der Waals surface area contributed by atoms with Crippen LogP contribution in [0.2, 0.25) is 0 Å². The Hall–Kier alpha value is -2.49. The molecule has 2 aliphatic rings. The van der Waals surface area contributed by atoms with Crippen molar-refractivity contribution in [3.05, 3.63) is 23.8 Å². The number of amides is 3. The Bertz CT molecular complexity index is 810. The lowest BCUT2D eigenvalue weighted by Crippen LogP contribution is -2.53. The summed E-state index contributed by atoms with van der Waals surface area (Å²) in [5, 5.41) is 2.39. The molecule has 0 bridgehead atoms. The molecule has 2 saturated heterocycles. The van der Waals surface area contributed by atoms with Crippen LogP contribution in [0.15, 0.2) is 18.2 Å². The number of halogens is 3. The van der Waals surface area contributed by atoms with Gasteiger partial charge in [-0.2, -0.15) is 13.2 Å². The SMILES string of the molecule is CCOc1ccc(NC(=O)N2CCN(CC(=O)N3CCCCC3C)CC2)c(C(F)(F)F)c1. The lowest BCUT2D eigenvalue weighted by molar-refractivity contribution is -0.137. The predicted molar refractivity (Wildman–Crippen MR) is 115 cm³/mol. The van der Waals surface area contributed by atoms with Crippen molar-refractivity contribution in [3.8, 4) is 5.75 Å². The first-order valence-electron chi connectivity index (χ1n) is 11.1.